The Hall–Kier alpha value is -3.38. The second kappa shape index (κ2) is 15.2. The molecule has 3 N–H and O–H groups in total. The molecule has 4 unspecified atom stereocenters. The highest BCUT2D eigenvalue weighted by atomic mass is 19.4. The van der Waals surface area contributed by atoms with Crippen LogP contribution >= 0.6 is 0 Å². The summed E-state index contributed by atoms with van der Waals surface area (Å²) in [4.78, 5) is 38.9. The molecule has 47 heavy (non-hydrogen) atoms. The summed E-state index contributed by atoms with van der Waals surface area (Å²) in [6.07, 6.45) is 8.58. The third-order valence-corrected chi connectivity index (χ3v) is 9.90. The second-order valence-electron chi connectivity index (χ2n) is 13.5. The van der Waals surface area contributed by atoms with Crippen LogP contribution in [0, 0.1) is 17.2 Å². The standard InChI is InChI=1S/C35H49F3N6O3/c1-6-7-25(35(36,37)38)20-23(4)33(46)41-21-31(45)44-19-14-28-29(44)13-18-43(28)26-10-15-34(47,16-11-26)30(39)9-8-27(22(2)3)32-40-17-12-24(5)42-32/h6-9,17,20,22,24,26-29,39,47H,4,10-16,18-19,21H2,1-3,5H3,(H,41,46)/b7-6-,9-8-,25-20+,39-30?. The number of rotatable bonds is 11. The van der Waals surface area contributed by atoms with Gasteiger partial charge in [-0.1, -0.05) is 38.7 Å². The number of fused-ring (bicyclic) bond motifs is 1. The summed E-state index contributed by atoms with van der Waals surface area (Å²) < 4.78 is 39.5. The average Bonchev–Trinajstić information content (AvgIpc) is 3.62. The molecule has 1 saturated carbocycles. The van der Waals surface area contributed by atoms with Crippen LogP contribution in [0.3, 0.4) is 0 Å². The highest BCUT2D eigenvalue weighted by Gasteiger charge is 2.48. The third kappa shape index (κ3) is 8.76. The van der Waals surface area contributed by atoms with Crippen LogP contribution in [0.5, 0.6) is 0 Å². The van der Waals surface area contributed by atoms with E-state index in [2.05, 4.69) is 42.6 Å². The molecule has 2 saturated heterocycles. The summed E-state index contributed by atoms with van der Waals surface area (Å²) in [6, 6.07) is 0.594. The Labute approximate surface area is 276 Å². The number of likely N-dealkylation sites (tertiary alicyclic amines) is 2. The van der Waals surface area contributed by atoms with Gasteiger partial charge in [0.1, 0.15) is 11.4 Å². The number of carbonyl (C=O) groups is 2. The lowest BCUT2D eigenvalue weighted by Crippen LogP contribution is -2.49. The van der Waals surface area contributed by atoms with Crippen LogP contribution < -0.4 is 5.32 Å². The Morgan fingerprint density at radius 1 is 1.17 bits per heavy atom. The lowest BCUT2D eigenvalue weighted by molar-refractivity contribution is -0.132. The van der Waals surface area contributed by atoms with Crippen molar-refractivity contribution >= 4 is 29.6 Å². The zero-order valence-electron chi connectivity index (χ0n) is 27.9. The lowest BCUT2D eigenvalue weighted by atomic mass is 9.78. The molecule has 0 bridgehead atoms. The van der Waals surface area contributed by atoms with E-state index in [1.807, 2.05) is 12.3 Å². The van der Waals surface area contributed by atoms with Gasteiger partial charge in [-0.3, -0.25) is 19.5 Å². The molecular weight excluding hydrogens is 609 g/mol. The number of allylic oxidation sites excluding steroid dienone is 3. The van der Waals surface area contributed by atoms with E-state index in [0.29, 0.717) is 25.5 Å². The van der Waals surface area contributed by atoms with Crippen molar-refractivity contribution in [3.05, 3.63) is 48.1 Å². The molecule has 258 valence electrons. The van der Waals surface area contributed by atoms with Crippen LogP contribution in [-0.4, -0.2) is 100 Å². The molecule has 0 aromatic rings. The molecule has 4 rings (SSSR count). The van der Waals surface area contributed by atoms with E-state index in [9.17, 15) is 27.9 Å². The smallest absolute Gasteiger partial charge is 0.384 e. The second-order valence-corrected chi connectivity index (χ2v) is 13.5. The molecule has 4 aliphatic rings. The maximum atomic E-state index is 13.2. The van der Waals surface area contributed by atoms with Crippen LogP contribution in [0.1, 0.15) is 72.6 Å². The van der Waals surface area contributed by atoms with Gasteiger partial charge in [0.25, 0.3) is 5.91 Å². The quantitative estimate of drug-likeness (QED) is 0.161. The minimum atomic E-state index is -4.63. The van der Waals surface area contributed by atoms with Gasteiger partial charge in [-0.05, 0) is 70.4 Å². The van der Waals surface area contributed by atoms with Crippen molar-refractivity contribution in [3.8, 4) is 0 Å². The van der Waals surface area contributed by atoms with Crippen molar-refractivity contribution in [3.63, 3.8) is 0 Å². The Morgan fingerprint density at radius 2 is 1.85 bits per heavy atom. The number of hydrogen-bond donors (Lipinski definition) is 3. The van der Waals surface area contributed by atoms with Gasteiger partial charge in [-0.15, -0.1) is 0 Å². The summed E-state index contributed by atoms with van der Waals surface area (Å²) in [5.41, 5.74) is -2.35. The predicted molar refractivity (Wildman–Crippen MR) is 179 cm³/mol. The molecule has 0 aromatic carbocycles. The summed E-state index contributed by atoms with van der Waals surface area (Å²) in [7, 11) is 0. The Morgan fingerprint density at radius 3 is 2.47 bits per heavy atom. The van der Waals surface area contributed by atoms with Crippen molar-refractivity contribution < 1.29 is 27.9 Å². The molecule has 3 fully saturated rings. The monoisotopic (exact) mass is 658 g/mol. The molecule has 3 heterocycles. The summed E-state index contributed by atoms with van der Waals surface area (Å²) in [5, 5.41) is 22.6. The van der Waals surface area contributed by atoms with Crippen molar-refractivity contribution in [2.24, 2.45) is 21.8 Å². The SMILES string of the molecule is C=C(/C=C(\C=C/C)C(F)(F)F)C(=O)NCC(=O)N1CCC2C1CCN2C1CCC(O)(C(=N)/C=C\C(C2=NC(C)CC=N2)C(C)C)CC1. The molecule has 12 heteroatoms. The summed E-state index contributed by atoms with van der Waals surface area (Å²) in [5.74, 6) is -0.103. The first-order valence-electron chi connectivity index (χ1n) is 16.7. The lowest BCUT2D eigenvalue weighted by Gasteiger charge is -2.41. The fraction of sp³-hybridized carbons (Fsp3) is 0.629. The number of halogens is 3. The van der Waals surface area contributed by atoms with Crippen molar-refractivity contribution in [2.75, 3.05) is 19.6 Å². The maximum absolute atomic E-state index is 13.2. The molecule has 4 atom stereocenters. The van der Waals surface area contributed by atoms with Gasteiger partial charge in [0.15, 0.2) is 0 Å². The molecular formula is C35H49F3N6O3. The van der Waals surface area contributed by atoms with Crippen LogP contribution in [0.2, 0.25) is 0 Å². The highest BCUT2D eigenvalue weighted by Crippen LogP contribution is 2.39. The molecule has 9 nitrogen and oxygen atoms in total. The molecule has 0 aromatic heterocycles. The number of amides is 2. The van der Waals surface area contributed by atoms with E-state index in [-0.39, 0.29) is 59.7 Å². The first-order chi connectivity index (χ1) is 22.1. The fourth-order valence-electron chi connectivity index (χ4n) is 7.24. The highest BCUT2D eigenvalue weighted by molar-refractivity contribution is 6.01. The van der Waals surface area contributed by atoms with Crippen LogP contribution in [0.4, 0.5) is 13.2 Å². The fourth-order valence-corrected chi connectivity index (χ4v) is 7.24. The topological polar surface area (TPSA) is 121 Å². The van der Waals surface area contributed by atoms with Crippen LogP contribution in [0.15, 0.2) is 58.1 Å². The van der Waals surface area contributed by atoms with Crippen LogP contribution in [0.25, 0.3) is 0 Å². The van der Waals surface area contributed by atoms with Gasteiger partial charge in [0, 0.05) is 55.3 Å². The Kier molecular flexibility index (Phi) is 11.8. The van der Waals surface area contributed by atoms with Gasteiger partial charge in [-0.25, -0.2) is 4.99 Å². The maximum Gasteiger partial charge on any atom is 0.416 e. The average molecular weight is 659 g/mol. The van der Waals surface area contributed by atoms with Gasteiger partial charge in [0.2, 0.25) is 5.91 Å². The third-order valence-electron chi connectivity index (χ3n) is 9.90. The number of nitrogens with zero attached hydrogens (tertiary/aromatic N) is 4. The number of hydrogen-bond acceptors (Lipinski definition) is 7. The number of carbonyl (C=O) groups excluding carboxylic acids is 2. The van der Waals surface area contributed by atoms with Gasteiger partial charge >= 0.3 is 6.18 Å². The minimum Gasteiger partial charge on any atom is -0.384 e. The van der Waals surface area contributed by atoms with E-state index in [1.54, 1.807) is 11.0 Å². The molecule has 2 amide bonds. The normalized spacial score (nSPS) is 29.4. The van der Waals surface area contributed by atoms with Gasteiger partial charge in [0.05, 0.1) is 23.9 Å². The number of alkyl halides is 3. The van der Waals surface area contributed by atoms with E-state index < -0.39 is 23.3 Å². The van der Waals surface area contributed by atoms with E-state index in [0.717, 1.165) is 50.6 Å². The first-order valence-corrected chi connectivity index (χ1v) is 16.7. The molecule has 0 spiro atoms. The number of nitrogens with one attached hydrogen (secondary N) is 2. The van der Waals surface area contributed by atoms with Crippen molar-refractivity contribution in [2.45, 2.75) is 109 Å². The predicted octanol–water partition coefficient (Wildman–Crippen LogP) is 5.18. The Balaban J connectivity index is 1.28. The number of amidine groups is 1. The molecule has 1 aliphatic carbocycles. The number of aliphatic hydroxyl groups is 1. The van der Waals surface area contributed by atoms with Gasteiger partial charge in [-0.2, -0.15) is 13.2 Å². The van der Waals surface area contributed by atoms with Crippen molar-refractivity contribution in [1.82, 2.24) is 15.1 Å². The summed E-state index contributed by atoms with van der Waals surface area (Å²) in [6.45, 7) is 12.2. The van der Waals surface area contributed by atoms with E-state index in [4.69, 9.17) is 10.4 Å². The zero-order chi connectivity index (χ0) is 34.5. The first kappa shape index (κ1) is 36.5. The minimum absolute atomic E-state index is 0.00268. The Bertz CT molecular complexity index is 1360. The van der Waals surface area contributed by atoms with E-state index >= 15 is 0 Å². The summed E-state index contributed by atoms with van der Waals surface area (Å²) >= 11 is 0. The van der Waals surface area contributed by atoms with Gasteiger partial charge < -0.3 is 20.7 Å². The van der Waals surface area contributed by atoms with Crippen LogP contribution in [-0.2, 0) is 9.59 Å². The largest absolute Gasteiger partial charge is 0.416 e. The zero-order valence-corrected chi connectivity index (χ0v) is 27.9. The van der Waals surface area contributed by atoms with E-state index in [1.165, 1.54) is 13.0 Å². The molecule has 0 radical (unpaired) electrons. The van der Waals surface area contributed by atoms with Crippen molar-refractivity contribution in [1.29, 1.82) is 5.41 Å². The molecule has 3 aliphatic heterocycles. The number of aliphatic imine (C=N–C) groups is 2.